The normalized spacial score (nSPS) is 18.6. The molecule has 2 aliphatic rings. The van der Waals surface area contributed by atoms with Gasteiger partial charge in [0.2, 0.25) is 5.91 Å². The van der Waals surface area contributed by atoms with Crippen molar-refractivity contribution in [1.29, 1.82) is 0 Å². The number of thioether (sulfide) groups is 1. The zero-order valence-electron chi connectivity index (χ0n) is 11.3. The van der Waals surface area contributed by atoms with Crippen LogP contribution in [0.5, 0.6) is 0 Å². The molecule has 0 bridgehead atoms. The van der Waals surface area contributed by atoms with Crippen LogP contribution in [0.3, 0.4) is 0 Å². The van der Waals surface area contributed by atoms with Gasteiger partial charge in [-0.25, -0.2) is 0 Å². The van der Waals surface area contributed by atoms with Crippen molar-refractivity contribution in [2.45, 2.75) is 50.2 Å². The van der Waals surface area contributed by atoms with Gasteiger partial charge in [0, 0.05) is 19.0 Å². The van der Waals surface area contributed by atoms with Crippen LogP contribution in [0.4, 0.5) is 0 Å². The number of amides is 1. The smallest absolute Gasteiger partial charge is 0.230 e. The molecule has 2 aliphatic carbocycles. The van der Waals surface area contributed by atoms with Crippen molar-refractivity contribution in [2.24, 2.45) is 5.92 Å². The predicted molar refractivity (Wildman–Crippen MR) is 74.1 cm³/mol. The molecule has 0 saturated heterocycles. The molecule has 19 heavy (non-hydrogen) atoms. The first-order valence-corrected chi connectivity index (χ1v) is 8.09. The molecule has 5 nitrogen and oxygen atoms in total. The Morgan fingerprint density at radius 2 is 2.16 bits per heavy atom. The third kappa shape index (κ3) is 3.29. The summed E-state index contributed by atoms with van der Waals surface area (Å²) >= 11 is 1.50. The first-order valence-electron chi connectivity index (χ1n) is 7.10. The summed E-state index contributed by atoms with van der Waals surface area (Å²) in [6, 6.07) is 0. The summed E-state index contributed by atoms with van der Waals surface area (Å²) in [4.78, 5) is 11.7. The van der Waals surface area contributed by atoms with E-state index in [4.69, 9.17) is 0 Å². The van der Waals surface area contributed by atoms with E-state index >= 15 is 0 Å². The van der Waals surface area contributed by atoms with E-state index in [1.807, 2.05) is 0 Å². The molecule has 2 saturated carbocycles. The minimum atomic E-state index is 0.107. The lowest BCUT2D eigenvalue weighted by molar-refractivity contribution is -0.118. The molecule has 1 N–H and O–H groups in total. The molecule has 1 heterocycles. The van der Waals surface area contributed by atoms with Crippen LogP contribution in [0.1, 0.15) is 44.3 Å². The summed E-state index contributed by atoms with van der Waals surface area (Å²) in [5.74, 6) is 2.98. The number of hydrogen-bond acceptors (Lipinski definition) is 4. The molecule has 0 unspecified atom stereocenters. The number of hydrogen-bond donors (Lipinski definition) is 1. The molecule has 3 rings (SSSR count). The SMILES string of the molecule is CCn1c(SCC(=O)NCC2CC2)nnc1C1CC1. The quantitative estimate of drug-likeness (QED) is 0.774. The molecule has 1 amide bonds. The zero-order valence-corrected chi connectivity index (χ0v) is 12.1. The number of nitrogens with zero attached hydrogens (tertiary/aromatic N) is 3. The minimum Gasteiger partial charge on any atom is -0.355 e. The monoisotopic (exact) mass is 280 g/mol. The predicted octanol–water partition coefficient (Wildman–Crippen LogP) is 1.79. The zero-order chi connectivity index (χ0) is 13.2. The summed E-state index contributed by atoms with van der Waals surface area (Å²) in [5, 5.41) is 12.4. The van der Waals surface area contributed by atoms with Crippen LogP contribution in [0.15, 0.2) is 5.16 Å². The number of carbonyl (C=O) groups is 1. The maximum atomic E-state index is 11.7. The molecular weight excluding hydrogens is 260 g/mol. The van der Waals surface area contributed by atoms with Crippen molar-refractivity contribution in [3.63, 3.8) is 0 Å². The highest BCUT2D eigenvalue weighted by atomic mass is 32.2. The second-order valence-electron chi connectivity index (χ2n) is 5.40. The molecule has 0 aromatic carbocycles. The lowest BCUT2D eigenvalue weighted by atomic mass is 10.4. The Morgan fingerprint density at radius 1 is 1.37 bits per heavy atom. The Labute approximate surface area is 117 Å². The van der Waals surface area contributed by atoms with Gasteiger partial charge in [-0.1, -0.05) is 11.8 Å². The molecule has 104 valence electrons. The van der Waals surface area contributed by atoms with Crippen molar-refractivity contribution in [3.05, 3.63) is 5.82 Å². The first kappa shape index (κ1) is 13.0. The van der Waals surface area contributed by atoms with Crippen LogP contribution in [0.2, 0.25) is 0 Å². The molecule has 1 aromatic heterocycles. The number of nitrogens with one attached hydrogen (secondary N) is 1. The van der Waals surface area contributed by atoms with Gasteiger partial charge in [-0.2, -0.15) is 0 Å². The van der Waals surface area contributed by atoms with Gasteiger partial charge >= 0.3 is 0 Å². The van der Waals surface area contributed by atoms with Crippen LogP contribution in [0.25, 0.3) is 0 Å². The van der Waals surface area contributed by atoms with Gasteiger partial charge in [-0.15, -0.1) is 10.2 Å². The fourth-order valence-electron chi connectivity index (χ4n) is 2.11. The maximum Gasteiger partial charge on any atom is 0.230 e. The van der Waals surface area contributed by atoms with Crippen LogP contribution >= 0.6 is 11.8 Å². The van der Waals surface area contributed by atoms with Gasteiger partial charge < -0.3 is 9.88 Å². The average Bonchev–Trinajstić information content (AvgIpc) is 3.32. The van der Waals surface area contributed by atoms with E-state index in [1.54, 1.807) is 0 Å². The van der Waals surface area contributed by atoms with Crippen molar-refractivity contribution >= 4 is 17.7 Å². The van der Waals surface area contributed by atoms with E-state index in [9.17, 15) is 4.79 Å². The highest BCUT2D eigenvalue weighted by Gasteiger charge is 2.30. The van der Waals surface area contributed by atoms with Gasteiger partial charge in [-0.05, 0) is 38.5 Å². The second-order valence-corrected chi connectivity index (χ2v) is 6.34. The third-order valence-corrected chi connectivity index (χ3v) is 4.59. The van der Waals surface area contributed by atoms with Gasteiger partial charge in [0.15, 0.2) is 5.16 Å². The van der Waals surface area contributed by atoms with E-state index in [-0.39, 0.29) is 5.91 Å². The van der Waals surface area contributed by atoms with E-state index in [1.165, 1.54) is 37.4 Å². The van der Waals surface area contributed by atoms with Crippen LogP contribution < -0.4 is 5.32 Å². The lowest BCUT2D eigenvalue weighted by Gasteiger charge is -2.06. The van der Waals surface area contributed by atoms with Crippen molar-refractivity contribution in [1.82, 2.24) is 20.1 Å². The number of aromatic nitrogens is 3. The molecule has 2 fully saturated rings. The van der Waals surface area contributed by atoms with Crippen molar-refractivity contribution < 1.29 is 4.79 Å². The van der Waals surface area contributed by atoms with Crippen LogP contribution in [-0.4, -0.2) is 33.0 Å². The van der Waals surface area contributed by atoms with Crippen LogP contribution in [-0.2, 0) is 11.3 Å². The molecule has 0 radical (unpaired) electrons. The Balaban J connectivity index is 1.52. The van der Waals surface area contributed by atoms with Crippen molar-refractivity contribution in [2.75, 3.05) is 12.3 Å². The maximum absolute atomic E-state index is 11.7. The fourth-order valence-corrected chi connectivity index (χ4v) is 2.95. The first-order chi connectivity index (χ1) is 9.28. The summed E-state index contributed by atoms with van der Waals surface area (Å²) in [7, 11) is 0. The third-order valence-electron chi connectivity index (χ3n) is 3.62. The van der Waals surface area contributed by atoms with E-state index in [0.717, 1.165) is 30.0 Å². The summed E-state index contributed by atoms with van der Waals surface area (Å²) in [6.45, 7) is 3.82. The van der Waals surface area contributed by atoms with Crippen molar-refractivity contribution in [3.8, 4) is 0 Å². The minimum absolute atomic E-state index is 0.107. The Morgan fingerprint density at radius 3 is 2.79 bits per heavy atom. The van der Waals surface area contributed by atoms with Gasteiger partial charge in [-0.3, -0.25) is 4.79 Å². The number of carbonyl (C=O) groups excluding carboxylic acids is 1. The fraction of sp³-hybridized carbons (Fsp3) is 0.769. The van der Waals surface area contributed by atoms with Gasteiger partial charge in [0.25, 0.3) is 0 Å². The Kier molecular flexibility index (Phi) is 3.77. The lowest BCUT2D eigenvalue weighted by Crippen LogP contribution is -2.27. The van der Waals surface area contributed by atoms with E-state index < -0.39 is 0 Å². The summed E-state index contributed by atoms with van der Waals surface area (Å²) in [6.07, 6.45) is 4.99. The second kappa shape index (κ2) is 5.53. The molecule has 1 aromatic rings. The van der Waals surface area contributed by atoms with Gasteiger partial charge in [0.05, 0.1) is 5.75 Å². The van der Waals surface area contributed by atoms with E-state index in [0.29, 0.717) is 11.7 Å². The molecule has 6 heteroatoms. The molecule has 0 atom stereocenters. The summed E-state index contributed by atoms with van der Waals surface area (Å²) in [5.41, 5.74) is 0. The van der Waals surface area contributed by atoms with Gasteiger partial charge in [0.1, 0.15) is 5.82 Å². The molecule has 0 spiro atoms. The Hall–Kier alpha value is -1.04. The summed E-state index contributed by atoms with van der Waals surface area (Å²) < 4.78 is 2.15. The molecule has 0 aliphatic heterocycles. The highest BCUT2D eigenvalue weighted by molar-refractivity contribution is 7.99. The molecular formula is C13H20N4OS. The Bertz CT molecular complexity index is 465. The largest absolute Gasteiger partial charge is 0.355 e. The topological polar surface area (TPSA) is 59.8 Å². The van der Waals surface area contributed by atoms with Crippen LogP contribution in [0, 0.1) is 5.92 Å². The van der Waals surface area contributed by atoms with E-state index in [2.05, 4.69) is 27.0 Å². The number of rotatable bonds is 7. The standard InChI is InChI=1S/C13H20N4OS/c1-2-17-12(10-5-6-10)15-16-13(17)19-8-11(18)14-7-9-3-4-9/h9-10H,2-8H2,1H3,(H,14,18). The highest BCUT2D eigenvalue weighted by Crippen LogP contribution is 2.39. The average molecular weight is 280 g/mol.